The molecule has 0 amide bonds. The number of carbonyl (C=O) groups is 1. The predicted octanol–water partition coefficient (Wildman–Crippen LogP) is 2.61. The Morgan fingerprint density at radius 2 is 1.96 bits per heavy atom. The summed E-state index contributed by atoms with van der Waals surface area (Å²) in [6, 6.07) is 8.27. The lowest BCUT2D eigenvalue weighted by molar-refractivity contribution is 0.0595. The van der Waals surface area contributed by atoms with Gasteiger partial charge in [0.15, 0.2) is 0 Å². The number of hydrogen-bond acceptors (Lipinski definition) is 5. The molecule has 0 saturated heterocycles. The highest BCUT2D eigenvalue weighted by Crippen LogP contribution is 2.25. The van der Waals surface area contributed by atoms with Gasteiger partial charge in [-0.1, -0.05) is 44.2 Å². The molecule has 0 radical (unpaired) electrons. The lowest BCUT2D eigenvalue weighted by atomic mass is 9.84. The van der Waals surface area contributed by atoms with Gasteiger partial charge < -0.3 is 15.2 Å². The average molecular weight is 343 g/mol. The van der Waals surface area contributed by atoms with Crippen LogP contribution in [0.5, 0.6) is 0 Å². The Bertz CT molecular complexity index is 746. The Balaban J connectivity index is 2.25. The van der Waals surface area contributed by atoms with E-state index in [0.717, 1.165) is 5.56 Å². The van der Waals surface area contributed by atoms with E-state index < -0.39 is 5.97 Å². The van der Waals surface area contributed by atoms with Gasteiger partial charge in [0.1, 0.15) is 5.56 Å². The molecule has 0 aliphatic heterocycles. The van der Waals surface area contributed by atoms with Crippen LogP contribution in [0.4, 0.5) is 0 Å². The Morgan fingerprint density at radius 3 is 2.52 bits per heavy atom. The molecule has 0 bridgehead atoms. The molecule has 0 unspecified atom stereocenters. The third kappa shape index (κ3) is 4.28. The first kappa shape index (κ1) is 18.7. The van der Waals surface area contributed by atoms with Crippen LogP contribution in [0.3, 0.4) is 0 Å². The number of methoxy groups -OCH3 is 2. The minimum absolute atomic E-state index is 0.127. The first-order valence-electron chi connectivity index (χ1n) is 8.03. The molecule has 0 atom stereocenters. The first-order valence-corrected chi connectivity index (χ1v) is 8.03. The SMILES string of the molecule is COCc1c(C(=O)OC)cnn1Cc1ccc(C(C)(C)/C=C/N)cc1. The molecule has 2 rings (SSSR count). The third-order valence-corrected chi connectivity index (χ3v) is 4.18. The van der Waals surface area contributed by atoms with E-state index in [-0.39, 0.29) is 12.0 Å². The summed E-state index contributed by atoms with van der Waals surface area (Å²) in [6.07, 6.45) is 5.06. The fourth-order valence-electron chi connectivity index (χ4n) is 2.67. The van der Waals surface area contributed by atoms with E-state index in [1.54, 1.807) is 18.0 Å². The minimum atomic E-state index is -0.413. The molecule has 25 heavy (non-hydrogen) atoms. The van der Waals surface area contributed by atoms with Crippen molar-refractivity contribution in [3.8, 4) is 0 Å². The summed E-state index contributed by atoms with van der Waals surface area (Å²) in [4.78, 5) is 11.8. The zero-order chi connectivity index (χ0) is 18.4. The van der Waals surface area contributed by atoms with Crippen LogP contribution in [0.25, 0.3) is 0 Å². The summed E-state index contributed by atoms with van der Waals surface area (Å²) in [5.74, 6) is -0.413. The number of hydrogen-bond donors (Lipinski definition) is 1. The second-order valence-electron chi connectivity index (χ2n) is 6.36. The van der Waals surface area contributed by atoms with Crippen molar-refractivity contribution in [2.24, 2.45) is 5.73 Å². The molecule has 0 aliphatic rings. The Hall–Kier alpha value is -2.60. The van der Waals surface area contributed by atoms with Gasteiger partial charge in [0, 0.05) is 12.5 Å². The standard InChI is InChI=1S/C19H25N3O3/c1-19(2,9-10-20)15-7-5-14(6-8-15)12-22-17(13-24-3)16(11-21-22)18(23)25-4/h5-11H,12-13,20H2,1-4H3/b10-9+. The lowest BCUT2D eigenvalue weighted by Crippen LogP contribution is -2.14. The molecular weight excluding hydrogens is 318 g/mol. The zero-order valence-electron chi connectivity index (χ0n) is 15.2. The molecular formula is C19H25N3O3. The summed E-state index contributed by atoms with van der Waals surface area (Å²) in [5, 5.41) is 4.31. The Labute approximate surface area is 148 Å². The van der Waals surface area contributed by atoms with Crippen molar-refractivity contribution >= 4 is 5.97 Å². The smallest absolute Gasteiger partial charge is 0.341 e. The van der Waals surface area contributed by atoms with Crippen LogP contribution >= 0.6 is 0 Å². The number of carbonyl (C=O) groups excluding carboxylic acids is 1. The van der Waals surface area contributed by atoms with Crippen molar-refractivity contribution in [3.05, 3.63) is 65.1 Å². The van der Waals surface area contributed by atoms with E-state index in [0.29, 0.717) is 17.8 Å². The lowest BCUT2D eigenvalue weighted by Gasteiger charge is -2.21. The second kappa shape index (κ2) is 7.98. The van der Waals surface area contributed by atoms with Crippen LogP contribution < -0.4 is 5.73 Å². The summed E-state index contributed by atoms with van der Waals surface area (Å²) >= 11 is 0. The quantitative estimate of drug-likeness (QED) is 0.782. The minimum Gasteiger partial charge on any atom is -0.465 e. The van der Waals surface area contributed by atoms with Crippen molar-refractivity contribution in [2.45, 2.75) is 32.4 Å². The van der Waals surface area contributed by atoms with Gasteiger partial charge in [-0.2, -0.15) is 5.10 Å². The van der Waals surface area contributed by atoms with Crippen LogP contribution in [-0.2, 0) is 28.0 Å². The normalized spacial score (nSPS) is 11.8. The molecule has 0 aliphatic carbocycles. The molecule has 0 saturated carbocycles. The monoisotopic (exact) mass is 343 g/mol. The molecule has 2 aromatic rings. The van der Waals surface area contributed by atoms with Crippen LogP contribution in [0.2, 0.25) is 0 Å². The van der Waals surface area contributed by atoms with E-state index in [1.165, 1.54) is 18.9 Å². The number of nitrogens with two attached hydrogens (primary N) is 1. The summed E-state index contributed by atoms with van der Waals surface area (Å²) in [7, 11) is 2.94. The first-order chi connectivity index (χ1) is 11.9. The van der Waals surface area contributed by atoms with E-state index in [9.17, 15) is 4.79 Å². The molecule has 2 N–H and O–H groups in total. The molecule has 0 spiro atoms. The van der Waals surface area contributed by atoms with Crippen molar-refractivity contribution in [1.82, 2.24) is 9.78 Å². The Kier molecular flexibility index (Phi) is 5.98. The highest BCUT2D eigenvalue weighted by atomic mass is 16.5. The topological polar surface area (TPSA) is 79.4 Å². The van der Waals surface area contributed by atoms with E-state index >= 15 is 0 Å². The highest BCUT2D eigenvalue weighted by Gasteiger charge is 2.19. The third-order valence-electron chi connectivity index (χ3n) is 4.18. The van der Waals surface area contributed by atoms with Crippen molar-refractivity contribution in [2.75, 3.05) is 14.2 Å². The van der Waals surface area contributed by atoms with Crippen LogP contribution in [-0.4, -0.2) is 30.0 Å². The number of nitrogens with zero attached hydrogens (tertiary/aromatic N) is 2. The number of rotatable bonds is 7. The van der Waals surface area contributed by atoms with Crippen LogP contribution in [0, 0.1) is 0 Å². The molecule has 1 aromatic heterocycles. The number of esters is 1. The van der Waals surface area contributed by atoms with Gasteiger partial charge in [0.25, 0.3) is 0 Å². The summed E-state index contributed by atoms with van der Waals surface area (Å²) < 4.78 is 11.8. The van der Waals surface area contributed by atoms with Gasteiger partial charge in [-0.3, -0.25) is 4.68 Å². The van der Waals surface area contributed by atoms with Crippen molar-refractivity contribution in [3.63, 3.8) is 0 Å². The largest absolute Gasteiger partial charge is 0.465 e. The average Bonchev–Trinajstić information content (AvgIpc) is 2.97. The molecule has 134 valence electrons. The number of ether oxygens (including phenoxy) is 2. The number of allylic oxidation sites excluding steroid dienone is 1. The van der Waals surface area contributed by atoms with Crippen LogP contribution in [0.1, 0.15) is 41.0 Å². The van der Waals surface area contributed by atoms with Crippen molar-refractivity contribution < 1.29 is 14.3 Å². The maximum atomic E-state index is 11.8. The van der Waals surface area contributed by atoms with Gasteiger partial charge in [0.2, 0.25) is 0 Å². The highest BCUT2D eigenvalue weighted by molar-refractivity contribution is 5.90. The maximum Gasteiger partial charge on any atom is 0.341 e. The molecule has 1 heterocycles. The van der Waals surface area contributed by atoms with Gasteiger partial charge in [-0.25, -0.2) is 4.79 Å². The molecule has 6 nitrogen and oxygen atoms in total. The van der Waals surface area contributed by atoms with Gasteiger partial charge in [0.05, 0.1) is 32.2 Å². The van der Waals surface area contributed by atoms with E-state index in [1.807, 2.05) is 6.08 Å². The summed E-state index contributed by atoms with van der Waals surface area (Å²) in [5.41, 5.74) is 8.77. The maximum absolute atomic E-state index is 11.8. The van der Waals surface area contributed by atoms with Crippen LogP contribution in [0.15, 0.2) is 42.7 Å². The molecule has 1 aromatic carbocycles. The van der Waals surface area contributed by atoms with Crippen molar-refractivity contribution in [1.29, 1.82) is 0 Å². The van der Waals surface area contributed by atoms with E-state index in [2.05, 4.69) is 43.2 Å². The number of aromatic nitrogens is 2. The van der Waals surface area contributed by atoms with Gasteiger partial charge in [-0.15, -0.1) is 0 Å². The zero-order valence-corrected chi connectivity index (χ0v) is 15.2. The second-order valence-corrected chi connectivity index (χ2v) is 6.36. The Morgan fingerprint density at radius 1 is 1.28 bits per heavy atom. The van der Waals surface area contributed by atoms with E-state index in [4.69, 9.17) is 15.2 Å². The van der Waals surface area contributed by atoms with Gasteiger partial charge >= 0.3 is 5.97 Å². The fraction of sp³-hybridized carbons (Fsp3) is 0.368. The fourth-order valence-corrected chi connectivity index (χ4v) is 2.67. The number of benzene rings is 1. The van der Waals surface area contributed by atoms with Gasteiger partial charge in [-0.05, 0) is 17.3 Å². The molecule has 0 fully saturated rings. The summed E-state index contributed by atoms with van der Waals surface area (Å²) in [6.45, 7) is 5.05. The molecule has 6 heteroatoms. The predicted molar refractivity (Wildman–Crippen MR) is 96.2 cm³/mol.